The van der Waals surface area contributed by atoms with Gasteiger partial charge in [0.15, 0.2) is 0 Å². The standard InChI is InChI=1S/C15H20ClFN2O3/c1-10(2)19-15(21)5-7-18-14(20)6-8-22-13-4-3-11(17)9-12(13)16/h3-4,9-10H,5-8H2,1-2H3,(H,18,20)(H,19,21). The molecule has 0 bridgehead atoms. The Labute approximate surface area is 134 Å². The summed E-state index contributed by atoms with van der Waals surface area (Å²) in [5.41, 5.74) is 0. The molecule has 2 amide bonds. The molecule has 7 heteroatoms. The summed E-state index contributed by atoms with van der Waals surface area (Å²) in [4.78, 5) is 22.9. The van der Waals surface area contributed by atoms with Crippen molar-refractivity contribution in [1.82, 2.24) is 10.6 Å². The van der Waals surface area contributed by atoms with E-state index in [9.17, 15) is 14.0 Å². The van der Waals surface area contributed by atoms with Crippen LogP contribution in [-0.2, 0) is 9.59 Å². The molecule has 0 aliphatic rings. The van der Waals surface area contributed by atoms with E-state index in [2.05, 4.69) is 10.6 Å². The second-order valence-corrected chi connectivity index (χ2v) is 5.40. The molecule has 2 N–H and O–H groups in total. The molecule has 0 aliphatic heterocycles. The van der Waals surface area contributed by atoms with Gasteiger partial charge in [0.1, 0.15) is 11.6 Å². The van der Waals surface area contributed by atoms with Gasteiger partial charge in [0.2, 0.25) is 11.8 Å². The number of benzene rings is 1. The van der Waals surface area contributed by atoms with Gasteiger partial charge in [-0.05, 0) is 32.0 Å². The van der Waals surface area contributed by atoms with E-state index in [0.717, 1.165) is 6.07 Å². The van der Waals surface area contributed by atoms with E-state index < -0.39 is 5.82 Å². The van der Waals surface area contributed by atoms with Crippen molar-refractivity contribution in [3.05, 3.63) is 29.0 Å². The van der Waals surface area contributed by atoms with Gasteiger partial charge in [0, 0.05) is 19.0 Å². The first kappa shape index (κ1) is 18.2. The van der Waals surface area contributed by atoms with Gasteiger partial charge in [-0.3, -0.25) is 9.59 Å². The van der Waals surface area contributed by atoms with Gasteiger partial charge >= 0.3 is 0 Å². The Bertz CT molecular complexity index is 524. The molecule has 0 saturated carbocycles. The fourth-order valence-electron chi connectivity index (χ4n) is 1.64. The van der Waals surface area contributed by atoms with Crippen LogP contribution in [0.1, 0.15) is 26.7 Å². The van der Waals surface area contributed by atoms with E-state index in [1.165, 1.54) is 12.1 Å². The summed E-state index contributed by atoms with van der Waals surface area (Å²) in [6, 6.07) is 3.86. The fourth-order valence-corrected chi connectivity index (χ4v) is 1.87. The van der Waals surface area contributed by atoms with E-state index in [1.807, 2.05) is 13.8 Å². The quantitative estimate of drug-likeness (QED) is 0.768. The molecular weight excluding hydrogens is 311 g/mol. The zero-order valence-corrected chi connectivity index (χ0v) is 13.4. The normalized spacial score (nSPS) is 10.4. The first-order chi connectivity index (χ1) is 10.4. The number of halogens is 2. The lowest BCUT2D eigenvalue weighted by Gasteiger charge is -2.10. The van der Waals surface area contributed by atoms with Gasteiger partial charge in [0.25, 0.3) is 0 Å². The molecule has 0 radical (unpaired) electrons. The topological polar surface area (TPSA) is 67.4 Å². The van der Waals surface area contributed by atoms with Crippen molar-refractivity contribution in [1.29, 1.82) is 0 Å². The lowest BCUT2D eigenvalue weighted by molar-refractivity contribution is -0.122. The summed E-state index contributed by atoms with van der Waals surface area (Å²) < 4.78 is 18.1. The van der Waals surface area contributed by atoms with Crippen molar-refractivity contribution in [2.75, 3.05) is 13.2 Å². The van der Waals surface area contributed by atoms with E-state index in [1.54, 1.807) is 0 Å². The number of nitrogens with one attached hydrogen (secondary N) is 2. The van der Waals surface area contributed by atoms with Gasteiger partial charge < -0.3 is 15.4 Å². The molecule has 22 heavy (non-hydrogen) atoms. The Morgan fingerprint density at radius 3 is 2.64 bits per heavy atom. The van der Waals surface area contributed by atoms with E-state index >= 15 is 0 Å². The number of hydrogen-bond donors (Lipinski definition) is 2. The molecular formula is C15H20ClFN2O3. The molecule has 0 atom stereocenters. The van der Waals surface area contributed by atoms with Crippen LogP contribution in [0.4, 0.5) is 4.39 Å². The third kappa shape index (κ3) is 7.26. The second kappa shape index (κ2) is 9.25. The molecule has 1 aromatic carbocycles. The predicted molar refractivity (Wildman–Crippen MR) is 82.4 cm³/mol. The Balaban J connectivity index is 2.19. The minimum absolute atomic E-state index is 0.0806. The minimum Gasteiger partial charge on any atom is -0.491 e. The Morgan fingerprint density at radius 2 is 2.00 bits per heavy atom. The van der Waals surface area contributed by atoms with Crippen LogP contribution in [0.5, 0.6) is 5.75 Å². The van der Waals surface area contributed by atoms with Crippen LogP contribution in [-0.4, -0.2) is 31.0 Å². The Morgan fingerprint density at radius 1 is 1.27 bits per heavy atom. The number of rotatable bonds is 8. The van der Waals surface area contributed by atoms with Crippen LogP contribution in [0.25, 0.3) is 0 Å². The van der Waals surface area contributed by atoms with Gasteiger partial charge in [-0.1, -0.05) is 11.6 Å². The van der Waals surface area contributed by atoms with Crippen molar-refractivity contribution in [2.24, 2.45) is 0 Å². The number of carbonyl (C=O) groups excluding carboxylic acids is 2. The maximum absolute atomic E-state index is 12.8. The lowest BCUT2D eigenvalue weighted by Crippen LogP contribution is -2.34. The molecule has 122 valence electrons. The largest absolute Gasteiger partial charge is 0.491 e. The van der Waals surface area contributed by atoms with E-state index in [0.29, 0.717) is 5.75 Å². The van der Waals surface area contributed by atoms with Crippen LogP contribution in [0.2, 0.25) is 5.02 Å². The van der Waals surface area contributed by atoms with Crippen LogP contribution >= 0.6 is 11.6 Å². The van der Waals surface area contributed by atoms with Crippen molar-refractivity contribution >= 4 is 23.4 Å². The molecule has 0 heterocycles. The van der Waals surface area contributed by atoms with Gasteiger partial charge in [-0.25, -0.2) is 4.39 Å². The van der Waals surface area contributed by atoms with E-state index in [-0.39, 0.29) is 48.9 Å². The van der Waals surface area contributed by atoms with Crippen molar-refractivity contribution in [3.8, 4) is 5.75 Å². The summed E-state index contributed by atoms with van der Waals surface area (Å²) in [5.74, 6) is -0.456. The summed E-state index contributed by atoms with van der Waals surface area (Å²) in [6.45, 7) is 4.13. The number of hydrogen-bond acceptors (Lipinski definition) is 3. The maximum Gasteiger partial charge on any atom is 0.223 e. The molecule has 1 aromatic rings. The fraction of sp³-hybridized carbons (Fsp3) is 0.467. The summed E-state index contributed by atoms with van der Waals surface area (Å²) >= 11 is 5.79. The molecule has 0 saturated heterocycles. The molecule has 0 fully saturated rings. The zero-order chi connectivity index (χ0) is 16.5. The van der Waals surface area contributed by atoms with Crippen LogP contribution in [0, 0.1) is 5.82 Å². The average molecular weight is 331 g/mol. The first-order valence-electron chi connectivity index (χ1n) is 7.02. The molecule has 5 nitrogen and oxygen atoms in total. The van der Waals surface area contributed by atoms with Crippen LogP contribution < -0.4 is 15.4 Å². The third-order valence-corrected chi connectivity index (χ3v) is 2.90. The highest BCUT2D eigenvalue weighted by molar-refractivity contribution is 6.32. The van der Waals surface area contributed by atoms with Crippen molar-refractivity contribution < 1.29 is 18.7 Å². The van der Waals surface area contributed by atoms with Crippen molar-refractivity contribution in [2.45, 2.75) is 32.7 Å². The molecule has 1 rings (SSSR count). The smallest absolute Gasteiger partial charge is 0.223 e. The zero-order valence-electron chi connectivity index (χ0n) is 12.6. The molecule has 0 aromatic heterocycles. The molecule has 0 unspecified atom stereocenters. The van der Waals surface area contributed by atoms with Crippen LogP contribution in [0.15, 0.2) is 18.2 Å². The van der Waals surface area contributed by atoms with Gasteiger partial charge in [-0.2, -0.15) is 0 Å². The highest BCUT2D eigenvalue weighted by Crippen LogP contribution is 2.24. The highest BCUT2D eigenvalue weighted by atomic mass is 35.5. The summed E-state index contributed by atoms with van der Waals surface area (Å²) in [7, 11) is 0. The van der Waals surface area contributed by atoms with Gasteiger partial charge in [-0.15, -0.1) is 0 Å². The highest BCUT2D eigenvalue weighted by Gasteiger charge is 2.07. The summed E-state index contributed by atoms with van der Waals surface area (Å²) in [5, 5.41) is 5.51. The molecule has 0 aliphatic carbocycles. The van der Waals surface area contributed by atoms with E-state index in [4.69, 9.17) is 16.3 Å². The predicted octanol–water partition coefficient (Wildman–Crippen LogP) is 2.28. The Hall–Kier alpha value is -1.82. The summed E-state index contributed by atoms with van der Waals surface area (Å²) in [6.07, 6.45) is 0.355. The number of ether oxygens (including phenoxy) is 1. The minimum atomic E-state index is -0.449. The average Bonchev–Trinajstić information content (AvgIpc) is 2.40. The SMILES string of the molecule is CC(C)NC(=O)CCNC(=O)CCOc1ccc(F)cc1Cl. The third-order valence-electron chi connectivity index (χ3n) is 2.60. The van der Waals surface area contributed by atoms with Crippen molar-refractivity contribution in [3.63, 3.8) is 0 Å². The lowest BCUT2D eigenvalue weighted by atomic mass is 10.3. The second-order valence-electron chi connectivity index (χ2n) is 5.00. The Kier molecular flexibility index (Phi) is 7.66. The molecule has 0 spiro atoms. The number of amides is 2. The first-order valence-corrected chi connectivity index (χ1v) is 7.40. The monoisotopic (exact) mass is 330 g/mol. The number of carbonyl (C=O) groups is 2. The van der Waals surface area contributed by atoms with Gasteiger partial charge in [0.05, 0.1) is 18.1 Å². The van der Waals surface area contributed by atoms with Crippen LogP contribution in [0.3, 0.4) is 0 Å². The maximum atomic E-state index is 12.8.